The number of carbonyl (C=O) groups is 1. The third-order valence-electron chi connectivity index (χ3n) is 3.03. The summed E-state index contributed by atoms with van der Waals surface area (Å²) in [5, 5.41) is 12.0. The van der Waals surface area contributed by atoms with Crippen LogP contribution in [0.15, 0.2) is 40.1 Å². The smallest absolute Gasteiger partial charge is 0.220 e. The Balaban J connectivity index is 1.85. The van der Waals surface area contributed by atoms with Gasteiger partial charge in [0.15, 0.2) is 17.3 Å². The molecule has 0 saturated carbocycles. The Kier molecular flexibility index (Phi) is 3.81. The number of benzene rings is 1. The van der Waals surface area contributed by atoms with Gasteiger partial charge in [0.2, 0.25) is 5.89 Å². The quantitative estimate of drug-likeness (QED) is 0.689. The van der Waals surface area contributed by atoms with Crippen molar-refractivity contribution in [2.24, 2.45) is 0 Å². The van der Waals surface area contributed by atoms with Crippen LogP contribution in [0.1, 0.15) is 22.5 Å². The first-order valence-corrected chi connectivity index (χ1v) is 7.44. The minimum atomic E-state index is -1.05. The van der Waals surface area contributed by atoms with E-state index in [9.17, 15) is 10.1 Å². The van der Waals surface area contributed by atoms with Crippen LogP contribution in [0.5, 0.6) is 0 Å². The van der Waals surface area contributed by atoms with Crippen molar-refractivity contribution in [2.45, 2.75) is 12.8 Å². The lowest BCUT2D eigenvalue weighted by Gasteiger charge is -1.98. The molecule has 3 rings (SSSR count). The zero-order valence-electron chi connectivity index (χ0n) is 11.7. The highest BCUT2D eigenvalue weighted by molar-refractivity contribution is 7.09. The number of hydrogen-bond acceptors (Lipinski definition) is 6. The predicted octanol–water partition coefficient (Wildman–Crippen LogP) is 3.48. The van der Waals surface area contributed by atoms with Crippen LogP contribution in [0.3, 0.4) is 0 Å². The molecule has 108 valence electrons. The molecule has 0 N–H and O–H groups in total. The second kappa shape index (κ2) is 5.92. The third kappa shape index (κ3) is 2.80. The van der Waals surface area contributed by atoms with Crippen molar-refractivity contribution in [2.75, 3.05) is 0 Å². The monoisotopic (exact) mass is 309 g/mol. The Morgan fingerprint density at radius 3 is 2.91 bits per heavy atom. The van der Waals surface area contributed by atoms with Crippen LogP contribution >= 0.6 is 11.3 Å². The molecule has 6 heteroatoms. The van der Waals surface area contributed by atoms with Crippen molar-refractivity contribution in [1.82, 2.24) is 9.97 Å². The van der Waals surface area contributed by atoms with Crippen LogP contribution in [0.4, 0.5) is 0 Å². The maximum Gasteiger partial charge on any atom is 0.220 e. The number of allylic oxidation sites excluding steroid dienone is 1. The van der Waals surface area contributed by atoms with Gasteiger partial charge < -0.3 is 4.42 Å². The summed E-state index contributed by atoms with van der Waals surface area (Å²) in [6.07, 6.45) is 2.94. The molecule has 0 aliphatic carbocycles. The number of ketones is 1. The van der Waals surface area contributed by atoms with Gasteiger partial charge in [-0.15, -0.1) is 11.3 Å². The van der Waals surface area contributed by atoms with E-state index in [4.69, 9.17) is 4.42 Å². The third-order valence-corrected chi connectivity index (χ3v) is 3.82. The summed E-state index contributed by atoms with van der Waals surface area (Å²) >= 11 is 1.50. The average Bonchev–Trinajstić information content (AvgIpc) is 3.11. The molecule has 0 bridgehead atoms. The Bertz CT molecular complexity index is 868. The number of para-hydroxylation sites is 2. The first-order chi connectivity index (χ1) is 10.7. The number of carbonyl (C=O) groups excluding carboxylic acids is 1. The number of oxazole rings is 1. The first kappa shape index (κ1) is 14.2. The van der Waals surface area contributed by atoms with E-state index in [1.165, 1.54) is 17.4 Å². The van der Waals surface area contributed by atoms with Crippen LogP contribution in [0.2, 0.25) is 0 Å². The number of aryl methyl sites for hydroxylation is 1. The van der Waals surface area contributed by atoms with Crippen molar-refractivity contribution in [1.29, 1.82) is 5.26 Å². The van der Waals surface area contributed by atoms with Crippen LogP contribution < -0.4 is 0 Å². The van der Waals surface area contributed by atoms with Gasteiger partial charge in [0, 0.05) is 5.38 Å². The molecule has 0 unspecified atom stereocenters. The average molecular weight is 309 g/mol. The minimum absolute atomic E-state index is 0.118. The van der Waals surface area contributed by atoms with Crippen molar-refractivity contribution in [3.05, 3.63) is 52.3 Å². The normalized spacial score (nSPS) is 12.5. The van der Waals surface area contributed by atoms with E-state index in [2.05, 4.69) is 9.97 Å². The Morgan fingerprint density at radius 2 is 2.23 bits per heavy atom. The Morgan fingerprint density at radius 1 is 1.41 bits per heavy atom. The van der Waals surface area contributed by atoms with Crippen LogP contribution in [-0.4, -0.2) is 15.8 Å². The van der Waals surface area contributed by atoms with Gasteiger partial charge in [-0.2, -0.15) is 5.26 Å². The maximum atomic E-state index is 12.2. The molecule has 3 aromatic rings. The molecule has 0 aliphatic rings. The fourth-order valence-electron chi connectivity index (χ4n) is 1.97. The maximum absolute atomic E-state index is 12.2. The summed E-state index contributed by atoms with van der Waals surface area (Å²) in [7, 11) is 0. The van der Waals surface area contributed by atoms with Crippen molar-refractivity contribution in [3.8, 4) is 6.07 Å². The molecule has 0 saturated heterocycles. The minimum Gasteiger partial charge on any atom is -0.439 e. The molecule has 0 amide bonds. The highest BCUT2D eigenvalue weighted by Gasteiger charge is 2.23. The van der Waals surface area contributed by atoms with E-state index in [1.54, 1.807) is 18.2 Å². The van der Waals surface area contributed by atoms with Crippen LogP contribution in [0.25, 0.3) is 17.2 Å². The van der Waals surface area contributed by atoms with Gasteiger partial charge in [0.25, 0.3) is 0 Å². The molecule has 0 radical (unpaired) electrons. The number of thiazole rings is 1. The molecular weight excluding hydrogens is 298 g/mol. The van der Waals surface area contributed by atoms with Gasteiger partial charge in [-0.25, -0.2) is 9.97 Å². The first-order valence-electron chi connectivity index (χ1n) is 6.56. The van der Waals surface area contributed by atoms with E-state index in [1.807, 2.05) is 30.5 Å². The molecule has 2 aromatic heterocycles. The van der Waals surface area contributed by atoms with Crippen LogP contribution in [0, 0.1) is 18.3 Å². The highest BCUT2D eigenvalue weighted by atomic mass is 32.1. The topological polar surface area (TPSA) is 79.8 Å². The number of nitrogens with zero attached hydrogens (tertiary/aromatic N) is 3. The molecule has 0 fully saturated rings. The molecule has 22 heavy (non-hydrogen) atoms. The lowest BCUT2D eigenvalue weighted by Crippen LogP contribution is -2.08. The molecule has 0 aliphatic heterocycles. The number of aromatic nitrogens is 2. The van der Waals surface area contributed by atoms with E-state index < -0.39 is 5.92 Å². The number of fused-ring (bicyclic) bond motifs is 1. The lowest BCUT2D eigenvalue weighted by molar-refractivity contribution is -0.115. The molecule has 1 atom stereocenters. The van der Waals surface area contributed by atoms with E-state index in [-0.39, 0.29) is 11.7 Å². The summed E-state index contributed by atoms with van der Waals surface area (Å²) in [4.78, 5) is 20.6. The summed E-state index contributed by atoms with van der Waals surface area (Å²) in [6.45, 7) is 1.89. The summed E-state index contributed by atoms with van der Waals surface area (Å²) in [5.74, 6) is -1.31. The number of rotatable bonds is 4. The van der Waals surface area contributed by atoms with Gasteiger partial charge >= 0.3 is 0 Å². The molecular formula is C16H11N3O2S. The zero-order valence-corrected chi connectivity index (χ0v) is 12.5. The fraction of sp³-hybridized carbons (Fsp3) is 0.125. The van der Waals surface area contributed by atoms with Gasteiger partial charge in [-0.05, 0) is 31.2 Å². The SMILES string of the molecule is Cc1nc(/C=C\C(=O)[C@H](C#N)c2nc3ccccc3o2)cs1. The lowest BCUT2D eigenvalue weighted by atomic mass is 10.1. The summed E-state index contributed by atoms with van der Waals surface area (Å²) in [5.41, 5.74) is 1.89. The molecule has 2 heterocycles. The second-order valence-electron chi connectivity index (χ2n) is 4.61. The second-order valence-corrected chi connectivity index (χ2v) is 5.67. The summed E-state index contributed by atoms with van der Waals surface area (Å²) in [6, 6.07) is 9.10. The van der Waals surface area contributed by atoms with Gasteiger partial charge in [-0.3, -0.25) is 4.79 Å². The van der Waals surface area contributed by atoms with Crippen molar-refractivity contribution in [3.63, 3.8) is 0 Å². The van der Waals surface area contributed by atoms with Gasteiger partial charge in [0.1, 0.15) is 5.52 Å². The predicted molar refractivity (Wildman–Crippen MR) is 83.3 cm³/mol. The zero-order chi connectivity index (χ0) is 15.5. The summed E-state index contributed by atoms with van der Waals surface area (Å²) < 4.78 is 5.50. The van der Waals surface area contributed by atoms with E-state index in [0.29, 0.717) is 16.8 Å². The number of hydrogen-bond donors (Lipinski definition) is 0. The van der Waals surface area contributed by atoms with E-state index in [0.717, 1.165) is 5.01 Å². The molecule has 0 spiro atoms. The largest absolute Gasteiger partial charge is 0.439 e. The highest BCUT2D eigenvalue weighted by Crippen LogP contribution is 2.22. The van der Waals surface area contributed by atoms with Crippen LogP contribution in [-0.2, 0) is 4.79 Å². The molecule has 5 nitrogen and oxygen atoms in total. The standard InChI is InChI=1S/C16H11N3O2S/c1-10-18-11(9-22-10)6-7-14(20)12(8-17)16-19-13-4-2-3-5-15(13)21-16/h2-7,9,12H,1H3/b7-6-/t12-/m0/s1. The molecule has 1 aromatic carbocycles. The van der Waals surface area contributed by atoms with Crippen molar-refractivity contribution < 1.29 is 9.21 Å². The number of nitriles is 1. The fourth-order valence-corrected chi connectivity index (χ4v) is 2.56. The van der Waals surface area contributed by atoms with Crippen molar-refractivity contribution >= 4 is 34.3 Å². The Hall–Kier alpha value is -2.78. The van der Waals surface area contributed by atoms with Gasteiger partial charge in [0.05, 0.1) is 16.8 Å². The van der Waals surface area contributed by atoms with E-state index >= 15 is 0 Å². The van der Waals surface area contributed by atoms with Gasteiger partial charge in [-0.1, -0.05) is 12.1 Å². The Labute approximate surface area is 130 Å².